The van der Waals surface area contributed by atoms with E-state index < -0.39 is 66.5 Å². The Morgan fingerprint density at radius 1 is 0.422 bits per heavy atom. The molecule has 0 fully saturated rings. The van der Waals surface area contributed by atoms with Gasteiger partial charge in [0.2, 0.25) is 0 Å². The van der Waals surface area contributed by atoms with Gasteiger partial charge in [0.25, 0.3) is 0 Å². The fourth-order valence-corrected chi connectivity index (χ4v) is 6.67. The molecule has 45 heavy (non-hydrogen) atoms. The van der Waals surface area contributed by atoms with E-state index in [0.717, 1.165) is 54.6 Å². The van der Waals surface area contributed by atoms with E-state index in [2.05, 4.69) is 36.4 Å². The highest BCUT2D eigenvalue weighted by atomic mass is 16.3. The molecule has 0 atom stereocenters. The molecular formula is C44H26O. The van der Waals surface area contributed by atoms with Crippen LogP contribution in [0.4, 0.5) is 0 Å². The first-order valence-corrected chi connectivity index (χ1v) is 14.6. The summed E-state index contributed by atoms with van der Waals surface area (Å²) in [6.07, 6.45) is 0. The molecule has 0 amide bonds. The monoisotopic (exact) mass is 581 g/mol. The van der Waals surface area contributed by atoms with Gasteiger partial charge in [0.1, 0.15) is 11.2 Å². The Morgan fingerprint density at radius 2 is 1.13 bits per heavy atom. The molecule has 1 nitrogen and oxygen atoms in total. The Morgan fingerprint density at radius 3 is 2.00 bits per heavy atom. The molecule has 0 N–H and O–H groups in total. The minimum absolute atomic E-state index is 0.00271. The van der Waals surface area contributed by atoms with E-state index in [1.807, 2.05) is 48.5 Å². The maximum Gasteiger partial charge on any atom is 0.136 e. The summed E-state index contributed by atoms with van der Waals surface area (Å²) in [6.45, 7) is 0. The van der Waals surface area contributed by atoms with E-state index in [4.69, 9.17) is 16.8 Å². The van der Waals surface area contributed by atoms with Crippen LogP contribution in [-0.4, -0.2) is 0 Å². The van der Waals surface area contributed by atoms with E-state index in [0.29, 0.717) is 5.56 Å². The SMILES string of the molecule is [2H]c1c([2H])c([2H])c2c([2H])c3c(c([2H])c([2H])c4c([2H])c([2H])c([2H])c([2H])c43)c(-c3ccc4cc(-c5cccc6oc7cc8ccccc8cc7c56)ccc4c3)c2c1[2H]. The molecule has 0 radical (unpaired) electrons. The van der Waals surface area contributed by atoms with Crippen molar-refractivity contribution in [2.24, 2.45) is 0 Å². The minimum Gasteiger partial charge on any atom is -0.456 e. The highest BCUT2D eigenvalue weighted by molar-refractivity contribution is 6.21. The van der Waals surface area contributed by atoms with Gasteiger partial charge in [0.15, 0.2) is 0 Å². The summed E-state index contributed by atoms with van der Waals surface area (Å²) in [7, 11) is 0. The molecule has 208 valence electrons. The van der Waals surface area contributed by atoms with Crippen molar-refractivity contribution in [2.45, 2.75) is 0 Å². The van der Waals surface area contributed by atoms with Crippen molar-refractivity contribution in [3.05, 3.63) is 157 Å². The van der Waals surface area contributed by atoms with Gasteiger partial charge in [-0.3, -0.25) is 0 Å². The summed E-state index contributed by atoms with van der Waals surface area (Å²) in [5.41, 5.74) is 4.12. The van der Waals surface area contributed by atoms with Gasteiger partial charge in [-0.2, -0.15) is 0 Å². The van der Waals surface area contributed by atoms with Gasteiger partial charge in [-0.1, -0.05) is 121 Å². The van der Waals surface area contributed by atoms with E-state index in [-0.39, 0.29) is 37.9 Å². The van der Waals surface area contributed by atoms with Gasteiger partial charge in [-0.15, -0.1) is 0 Å². The molecule has 0 saturated carbocycles. The van der Waals surface area contributed by atoms with Crippen LogP contribution in [0.15, 0.2) is 162 Å². The summed E-state index contributed by atoms with van der Waals surface area (Å²) < 4.78 is 103. The predicted octanol–water partition coefficient (Wildman–Crippen LogP) is 12.7. The average Bonchev–Trinajstić information content (AvgIpc) is 3.57. The number of benzene rings is 9. The van der Waals surface area contributed by atoms with Crippen LogP contribution >= 0.6 is 0 Å². The number of fused-ring (bicyclic) bond motifs is 9. The molecule has 1 aromatic heterocycles. The molecule has 0 aliphatic carbocycles. The molecule has 0 bridgehead atoms. The van der Waals surface area contributed by atoms with Gasteiger partial charge >= 0.3 is 0 Å². The van der Waals surface area contributed by atoms with Gasteiger partial charge in [0, 0.05) is 10.8 Å². The van der Waals surface area contributed by atoms with E-state index in [1.165, 1.54) is 0 Å². The van der Waals surface area contributed by atoms with E-state index in [9.17, 15) is 2.74 Å². The normalized spacial score (nSPS) is 15.4. The number of hydrogen-bond donors (Lipinski definition) is 0. The van der Waals surface area contributed by atoms with Crippen molar-refractivity contribution in [3.63, 3.8) is 0 Å². The van der Waals surface area contributed by atoms with Crippen LogP contribution in [-0.2, 0) is 0 Å². The second-order valence-electron chi connectivity index (χ2n) is 11.3. The van der Waals surface area contributed by atoms with Crippen LogP contribution in [0.25, 0.3) is 98.1 Å². The first kappa shape index (κ1) is 16.2. The first-order valence-electron chi connectivity index (χ1n) is 20.1. The highest BCUT2D eigenvalue weighted by Crippen LogP contribution is 2.42. The molecule has 1 heterocycles. The minimum atomic E-state index is -0.580. The van der Waals surface area contributed by atoms with Crippen molar-refractivity contribution in [2.75, 3.05) is 0 Å². The Hall–Kier alpha value is -5.92. The lowest BCUT2D eigenvalue weighted by Crippen LogP contribution is -1.88. The van der Waals surface area contributed by atoms with E-state index >= 15 is 0 Å². The van der Waals surface area contributed by atoms with Crippen LogP contribution in [0.1, 0.15) is 15.1 Å². The molecule has 9 aromatic carbocycles. The number of hydrogen-bond acceptors (Lipinski definition) is 1. The summed E-state index contributed by atoms with van der Waals surface area (Å²) in [5, 5.41) is 5.21. The first-order chi connectivity index (χ1) is 26.9. The third kappa shape index (κ3) is 3.68. The van der Waals surface area contributed by atoms with Crippen LogP contribution < -0.4 is 0 Å². The molecule has 1 heteroatoms. The molecule has 0 saturated heterocycles. The number of furan rings is 1. The van der Waals surface area contributed by atoms with Gasteiger partial charge in [-0.05, 0) is 112 Å². The quantitative estimate of drug-likeness (QED) is 0.146. The molecule has 10 rings (SSSR count). The third-order valence-electron chi connectivity index (χ3n) is 8.74. The van der Waals surface area contributed by atoms with Crippen LogP contribution in [0, 0.1) is 0 Å². The lowest BCUT2D eigenvalue weighted by molar-refractivity contribution is 0.669. The van der Waals surface area contributed by atoms with Crippen molar-refractivity contribution >= 4 is 75.8 Å². The fraction of sp³-hybridized carbons (Fsp3) is 0. The summed E-state index contributed by atoms with van der Waals surface area (Å²) in [4.78, 5) is 0. The standard InChI is InChI=1S/C44H26O/c1-2-10-29-26-42-40(24-28(29)9-1)44-37(14-7-15-41(44)45-42)33-18-16-31-23-34(19-17-30(31)22-33)43-36-13-6-4-11-32(36)25-39-35-12-5-3-8-27(35)20-21-38(39)43/h1-26H/i3D,4D,5D,6D,8D,11D,12D,13D,20D,21D,25D. The number of rotatable bonds is 2. The Labute approximate surface area is 275 Å². The zero-order valence-corrected chi connectivity index (χ0v) is 23.6. The van der Waals surface area contributed by atoms with Gasteiger partial charge < -0.3 is 4.42 Å². The Kier molecular flexibility index (Phi) is 3.35. The largest absolute Gasteiger partial charge is 0.456 e. The van der Waals surface area contributed by atoms with Crippen molar-refractivity contribution < 1.29 is 19.5 Å². The van der Waals surface area contributed by atoms with E-state index in [1.54, 1.807) is 6.07 Å². The predicted molar refractivity (Wildman–Crippen MR) is 192 cm³/mol. The second kappa shape index (κ2) is 9.29. The van der Waals surface area contributed by atoms with Crippen molar-refractivity contribution in [1.82, 2.24) is 0 Å². The second-order valence-corrected chi connectivity index (χ2v) is 11.3. The molecule has 0 spiro atoms. The lowest BCUT2D eigenvalue weighted by Gasteiger charge is -2.15. The maximum absolute atomic E-state index is 9.36. The van der Waals surface area contributed by atoms with Crippen LogP contribution in [0.5, 0.6) is 0 Å². The third-order valence-corrected chi connectivity index (χ3v) is 8.74. The fourth-order valence-electron chi connectivity index (χ4n) is 6.67. The maximum atomic E-state index is 9.36. The van der Waals surface area contributed by atoms with Crippen LogP contribution in [0.3, 0.4) is 0 Å². The highest BCUT2D eigenvalue weighted by Gasteiger charge is 2.15. The summed E-state index contributed by atoms with van der Waals surface area (Å²) in [6, 6.07) is 24.4. The zero-order chi connectivity index (χ0) is 39.1. The average molecular weight is 582 g/mol. The van der Waals surface area contributed by atoms with Gasteiger partial charge in [-0.25, -0.2) is 0 Å². The Bertz CT molecular complexity index is 3440. The lowest BCUT2D eigenvalue weighted by atomic mass is 9.89. The zero-order valence-electron chi connectivity index (χ0n) is 34.6. The summed E-state index contributed by atoms with van der Waals surface area (Å²) >= 11 is 0. The van der Waals surface area contributed by atoms with Gasteiger partial charge in [0.05, 0.1) is 15.1 Å². The molecule has 0 aliphatic rings. The molecular weight excluding hydrogens is 544 g/mol. The molecule has 0 aliphatic heterocycles. The van der Waals surface area contributed by atoms with Crippen molar-refractivity contribution in [1.29, 1.82) is 0 Å². The summed E-state index contributed by atoms with van der Waals surface area (Å²) in [5.74, 6) is 0. The van der Waals surface area contributed by atoms with Crippen molar-refractivity contribution in [3.8, 4) is 22.3 Å². The topological polar surface area (TPSA) is 13.1 Å². The molecule has 0 unspecified atom stereocenters. The molecule has 10 aromatic rings. The Balaban J connectivity index is 1.27. The van der Waals surface area contributed by atoms with Crippen LogP contribution in [0.2, 0.25) is 0 Å². The smallest absolute Gasteiger partial charge is 0.136 e.